The molecule has 0 spiro atoms. The van der Waals surface area contributed by atoms with Crippen molar-refractivity contribution in [2.24, 2.45) is 0 Å². The van der Waals surface area contributed by atoms with Gasteiger partial charge in [0.1, 0.15) is 11.3 Å². The third kappa shape index (κ3) is 2.78. The lowest BCUT2D eigenvalue weighted by atomic mass is 9.96. The lowest BCUT2D eigenvalue weighted by Crippen LogP contribution is -2.35. The van der Waals surface area contributed by atoms with Crippen molar-refractivity contribution in [2.45, 2.75) is 37.5 Å². The maximum atomic E-state index is 13.9. The van der Waals surface area contributed by atoms with Gasteiger partial charge >= 0.3 is 0 Å². The van der Waals surface area contributed by atoms with Crippen LogP contribution in [-0.4, -0.2) is 27.3 Å². The van der Waals surface area contributed by atoms with E-state index in [0.717, 1.165) is 46.7 Å². The monoisotopic (exact) mass is 474 g/mol. The highest BCUT2D eigenvalue weighted by atomic mass is 32.2. The van der Waals surface area contributed by atoms with Crippen molar-refractivity contribution in [1.29, 1.82) is 0 Å². The van der Waals surface area contributed by atoms with Crippen molar-refractivity contribution in [3.05, 3.63) is 65.4 Å². The number of nitrogens with zero attached hydrogens (tertiary/aromatic N) is 2. The van der Waals surface area contributed by atoms with E-state index in [0.29, 0.717) is 27.6 Å². The molecule has 0 atom stereocenters. The Hall–Kier alpha value is -3.65. The fraction of sp³-hybridized carbons (Fsp3) is 0.231. The van der Waals surface area contributed by atoms with Gasteiger partial charge in [0.05, 0.1) is 16.3 Å². The summed E-state index contributed by atoms with van der Waals surface area (Å²) in [5.74, 6) is 0.138. The van der Waals surface area contributed by atoms with E-state index >= 15 is 0 Å². The predicted molar refractivity (Wildman–Crippen MR) is 130 cm³/mol. The van der Waals surface area contributed by atoms with E-state index in [1.54, 1.807) is 49.5 Å². The molecule has 4 aromatic rings. The van der Waals surface area contributed by atoms with E-state index in [1.807, 2.05) is 0 Å². The number of fused-ring (bicyclic) bond motifs is 3. The average Bonchev–Trinajstić information content (AvgIpc) is 3.30. The van der Waals surface area contributed by atoms with Crippen molar-refractivity contribution >= 4 is 55.0 Å². The average molecular weight is 475 g/mol. The topological polar surface area (TPSA) is 87.9 Å². The highest BCUT2D eigenvalue weighted by Crippen LogP contribution is 2.41. The van der Waals surface area contributed by atoms with Gasteiger partial charge < -0.3 is 9.32 Å². The molecule has 3 aromatic carbocycles. The number of aryl methyl sites for hydroxylation is 2. The molecule has 7 nitrogen and oxygen atoms in total. The normalized spacial score (nSPS) is 15.2. The predicted octanol–water partition coefficient (Wildman–Crippen LogP) is 4.80. The second-order valence-electron chi connectivity index (χ2n) is 8.85. The summed E-state index contributed by atoms with van der Waals surface area (Å²) >= 11 is 0. The van der Waals surface area contributed by atoms with E-state index in [2.05, 4.69) is 0 Å². The van der Waals surface area contributed by atoms with Crippen LogP contribution in [0, 0.1) is 0 Å². The summed E-state index contributed by atoms with van der Waals surface area (Å²) in [7, 11) is -2.61. The van der Waals surface area contributed by atoms with Gasteiger partial charge in [-0.05, 0) is 55.7 Å². The third-order valence-corrected chi connectivity index (χ3v) is 8.71. The lowest BCUT2D eigenvalue weighted by Gasteiger charge is -2.22. The number of anilines is 2. The van der Waals surface area contributed by atoms with E-state index in [1.165, 1.54) is 17.9 Å². The van der Waals surface area contributed by atoms with Crippen LogP contribution < -0.4 is 9.21 Å². The first-order valence-electron chi connectivity index (χ1n) is 11.2. The van der Waals surface area contributed by atoms with Gasteiger partial charge in [-0.25, -0.2) is 12.7 Å². The number of sulfonamides is 1. The number of amides is 2. The molecule has 2 heterocycles. The molecule has 1 aromatic heterocycles. The molecule has 1 aliphatic carbocycles. The van der Waals surface area contributed by atoms with Gasteiger partial charge in [0.15, 0.2) is 0 Å². The summed E-state index contributed by atoms with van der Waals surface area (Å²) in [6, 6.07) is 13.2. The summed E-state index contributed by atoms with van der Waals surface area (Å²) in [4.78, 5) is 26.9. The first kappa shape index (κ1) is 20.9. The van der Waals surface area contributed by atoms with E-state index < -0.39 is 15.9 Å². The minimum Gasteiger partial charge on any atom is -0.461 e. The van der Waals surface area contributed by atoms with E-state index in [-0.39, 0.29) is 16.5 Å². The molecule has 8 heteroatoms. The highest BCUT2D eigenvalue weighted by molar-refractivity contribution is 7.93. The van der Waals surface area contributed by atoms with Gasteiger partial charge in [0.2, 0.25) is 5.91 Å². The molecule has 0 bridgehead atoms. The minimum atomic E-state index is -4.27. The number of carbonyl (C=O) groups is 2. The number of rotatable bonds is 3. The number of hydrogen-bond donors (Lipinski definition) is 0. The van der Waals surface area contributed by atoms with Gasteiger partial charge in [-0.15, -0.1) is 0 Å². The number of benzene rings is 3. The Bertz CT molecular complexity index is 1650. The largest absolute Gasteiger partial charge is 0.461 e. The number of hydrogen-bond acceptors (Lipinski definition) is 5. The standard InChI is InChI=1S/C26H22N2O5S/c1-15(29)28(16-10-12-23-20(14-16)17-6-3-4-9-22(17)33-23)34(31,32)24-13-11-21-25-18(24)7-5-8-19(25)26(30)27(21)2/h5,7-8,10-14H,3-4,6,9H2,1-2H3. The Morgan fingerprint density at radius 1 is 1.03 bits per heavy atom. The van der Waals surface area contributed by atoms with Crippen LogP contribution in [0.25, 0.3) is 21.7 Å². The van der Waals surface area contributed by atoms with Gasteiger partial charge in [0, 0.05) is 47.7 Å². The van der Waals surface area contributed by atoms with Crippen molar-refractivity contribution in [1.82, 2.24) is 0 Å². The van der Waals surface area contributed by atoms with Gasteiger partial charge in [0.25, 0.3) is 15.9 Å². The number of furan rings is 1. The number of carbonyl (C=O) groups excluding carboxylic acids is 2. The SMILES string of the molecule is CC(=O)N(c1ccc2oc3c(c2c1)CCCC3)S(=O)(=O)c1ccc2c3c(cccc13)C(=O)N2C. The van der Waals surface area contributed by atoms with Crippen molar-refractivity contribution in [3.8, 4) is 0 Å². The van der Waals surface area contributed by atoms with Gasteiger partial charge in [-0.2, -0.15) is 0 Å². The van der Waals surface area contributed by atoms with Crippen LogP contribution >= 0.6 is 0 Å². The Labute approximate surface area is 196 Å². The zero-order valence-electron chi connectivity index (χ0n) is 18.8. The molecule has 0 radical (unpaired) electrons. The molecule has 6 rings (SSSR count). The van der Waals surface area contributed by atoms with Crippen molar-refractivity contribution in [2.75, 3.05) is 16.3 Å². The van der Waals surface area contributed by atoms with Crippen LogP contribution in [0.2, 0.25) is 0 Å². The van der Waals surface area contributed by atoms with Crippen LogP contribution in [0.3, 0.4) is 0 Å². The quantitative estimate of drug-likeness (QED) is 0.426. The summed E-state index contributed by atoms with van der Waals surface area (Å²) in [6.07, 6.45) is 3.85. The van der Waals surface area contributed by atoms with Crippen molar-refractivity contribution in [3.63, 3.8) is 0 Å². The molecule has 34 heavy (non-hydrogen) atoms. The Kier molecular flexibility index (Phi) is 4.41. The van der Waals surface area contributed by atoms with Crippen LogP contribution in [0.4, 0.5) is 11.4 Å². The lowest BCUT2D eigenvalue weighted by molar-refractivity contribution is -0.115. The zero-order valence-corrected chi connectivity index (χ0v) is 19.6. The molecule has 2 amide bonds. The Morgan fingerprint density at radius 2 is 1.82 bits per heavy atom. The molecular weight excluding hydrogens is 452 g/mol. The first-order chi connectivity index (χ1) is 16.3. The molecule has 0 unspecified atom stereocenters. The zero-order chi connectivity index (χ0) is 23.8. The van der Waals surface area contributed by atoms with Crippen LogP contribution in [0.15, 0.2) is 57.8 Å². The maximum absolute atomic E-state index is 13.9. The molecular formula is C26H22N2O5S. The van der Waals surface area contributed by atoms with E-state index in [4.69, 9.17) is 4.42 Å². The summed E-state index contributed by atoms with van der Waals surface area (Å²) in [6.45, 7) is 1.24. The maximum Gasteiger partial charge on any atom is 0.271 e. The molecule has 0 N–H and O–H groups in total. The second-order valence-corrected chi connectivity index (χ2v) is 10.6. The summed E-state index contributed by atoms with van der Waals surface area (Å²) in [5, 5.41) is 1.85. The second kappa shape index (κ2) is 7.17. The summed E-state index contributed by atoms with van der Waals surface area (Å²) < 4.78 is 34.7. The van der Waals surface area contributed by atoms with Crippen LogP contribution in [-0.2, 0) is 27.7 Å². The third-order valence-electron chi connectivity index (χ3n) is 6.85. The van der Waals surface area contributed by atoms with Gasteiger partial charge in [-0.1, -0.05) is 12.1 Å². The Morgan fingerprint density at radius 3 is 2.62 bits per heavy atom. The highest BCUT2D eigenvalue weighted by Gasteiger charge is 2.34. The fourth-order valence-corrected chi connectivity index (χ4v) is 6.91. The van der Waals surface area contributed by atoms with Gasteiger partial charge in [-0.3, -0.25) is 9.59 Å². The summed E-state index contributed by atoms with van der Waals surface area (Å²) in [5.41, 5.74) is 3.16. The molecule has 0 fully saturated rings. The molecule has 1 aliphatic heterocycles. The first-order valence-corrected chi connectivity index (χ1v) is 12.7. The van der Waals surface area contributed by atoms with Crippen LogP contribution in [0.1, 0.15) is 41.4 Å². The van der Waals surface area contributed by atoms with Crippen LogP contribution in [0.5, 0.6) is 0 Å². The Balaban J connectivity index is 1.55. The molecule has 0 saturated carbocycles. The van der Waals surface area contributed by atoms with Crippen molar-refractivity contribution < 1.29 is 22.4 Å². The minimum absolute atomic E-state index is 0.0132. The van der Waals surface area contributed by atoms with E-state index in [9.17, 15) is 18.0 Å². The molecule has 0 saturated heterocycles. The molecule has 2 aliphatic rings. The molecule has 172 valence electrons. The smallest absolute Gasteiger partial charge is 0.271 e. The fourth-order valence-electron chi connectivity index (χ4n) is 5.30.